The molecule has 0 aromatic heterocycles. The summed E-state index contributed by atoms with van der Waals surface area (Å²) in [6.07, 6.45) is 1.44. The van der Waals surface area contributed by atoms with Crippen LogP contribution in [0.5, 0.6) is 5.75 Å². The van der Waals surface area contributed by atoms with E-state index in [9.17, 15) is 4.79 Å². The van der Waals surface area contributed by atoms with Crippen molar-refractivity contribution >= 4 is 23.7 Å². The van der Waals surface area contributed by atoms with E-state index in [2.05, 4.69) is 5.32 Å². The number of carboxylic acid groups (broad SMARTS) is 1. The van der Waals surface area contributed by atoms with Gasteiger partial charge in [-0.05, 0) is 42.3 Å². The third-order valence-electron chi connectivity index (χ3n) is 3.62. The normalized spacial score (nSPS) is 11.8. The van der Waals surface area contributed by atoms with Crippen LogP contribution in [-0.2, 0) is 22.5 Å². The van der Waals surface area contributed by atoms with Gasteiger partial charge in [-0.1, -0.05) is 24.3 Å². The molecule has 6 heteroatoms. The molecule has 0 aliphatic heterocycles. The molecule has 134 valence electrons. The van der Waals surface area contributed by atoms with Crippen LogP contribution < -0.4 is 9.50 Å². The Morgan fingerprint density at radius 1 is 1.12 bits per heavy atom. The van der Waals surface area contributed by atoms with Crippen LogP contribution >= 0.6 is 12.0 Å². The van der Waals surface area contributed by atoms with Gasteiger partial charge in [0.15, 0.2) is 6.10 Å². The number of aliphatic carboxylic acids is 1. The summed E-state index contributed by atoms with van der Waals surface area (Å²) in [6, 6.07) is 15.7. The molecule has 2 rings (SSSR count). The van der Waals surface area contributed by atoms with E-state index >= 15 is 0 Å². The highest BCUT2D eigenvalue weighted by molar-refractivity contribution is 7.94. The van der Waals surface area contributed by atoms with E-state index in [1.807, 2.05) is 54.8 Å². The number of hydrogen-bond donors (Lipinski definition) is 2. The number of carboxylic acids is 1. The van der Waals surface area contributed by atoms with E-state index in [-0.39, 0.29) is 0 Å². The Kier molecular flexibility index (Phi) is 7.63. The van der Waals surface area contributed by atoms with Gasteiger partial charge in [-0.3, -0.25) is 0 Å². The van der Waals surface area contributed by atoms with E-state index < -0.39 is 12.1 Å². The third kappa shape index (κ3) is 6.32. The minimum absolute atomic E-state index is 0.361. The molecule has 0 amide bonds. The number of anilines is 1. The van der Waals surface area contributed by atoms with Crippen molar-refractivity contribution < 1.29 is 18.8 Å². The summed E-state index contributed by atoms with van der Waals surface area (Å²) in [5.41, 5.74) is 3.07. The number of hydrogen-bond acceptors (Lipinski definition) is 5. The maximum absolute atomic E-state index is 11.1. The van der Waals surface area contributed by atoms with Crippen molar-refractivity contribution in [2.75, 3.05) is 18.2 Å². The number of carbonyl (C=O) groups is 1. The molecule has 0 saturated carbocycles. The summed E-state index contributed by atoms with van der Waals surface area (Å²) in [5.74, 6) is -0.0964. The van der Waals surface area contributed by atoms with Gasteiger partial charge in [-0.25, -0.2) is 4.79 Å². The first kappa shape index (κ1) is 19.1. The Morgan fingerprint density at radius 3 is 2.32 bits per heavy atom. The molecule has 5 nitrogen and oxygen atoms in total. The topological polar surface area (TPSA) is 67.8 Å². The highest BCUT2D eigenvalue weighted by Gasteiger charge is 2.17. The van der Waals surface area contributed by atoms with Crippen molar-refractivity contribution in [2.24, 2.45) is 0 Å². The smallest absolute Gasteiger partial charge is 0.333 e. The zero-order valence-electron chi connectivity index (χ0n) is 14.4. The number of rotatable bonds is 10. The van der Waals surface area contributed by atoms with Crippen LogP contribution in [0.15, 0.2) is 48.5 Å². The molecule has 2 N–H and O–H groups in total. The van der Waals surface area contributed by atoms with Gasteiger partial charge in [0.25, 0.3) is 0 Å². The van der Waals surface area contributed by atoms with Gasteiger partial charge >= 0.3 is 5.97 Å². The van der Waals surface area contributed by atoms with Crippen LogP contribution in [0, 0.1) is 0 Å². The lowest BCUT2D eigenvalue weighted by Gasteiger charge is -2.13. The zero-order valence-corrected chi connectivity index (χ0v) is 15.2. The second kappa shape index (κ2) is 9.96. The fraction of sp³-hybridized carbons (Fsp3) is 0.316. The summed E-state index contributed by atoms with van der Waals surface area (Å²) in [5, 5.41) is 12.5. The molecule has 1 unspecified atom stereocenters. The average molecular weight is 361 g/mol. The highest BCUT2D eigenvalue weighted by Crippen LogP contribution is 2.17. The summed E-state index contributed by atoms with van der Waals surface area (Å²) in [4.78, 5) is 11.1. The van der Waals surface area contributed by atoms with E-state index in [1.165, 1.54) is 12.0 Å². The molecule has 0 saturated heterocycles. The minimum atomic E-state index is -0.932. The predicted molar refractivity (Wildman–Crippen MR) is 101 cm³/mol. The summed E-state index contributed by atoms with van der Waals surface area (Å²) in [6.45, 7) is 2.88. The first-order valence-electron chi connectivity index (χ1n) is 8.09. The summed E-state index contributed by atoms with van der Waals surface area (Å²) in [7, 11) is 0. The van der Waals surface area contributed by atoms with Gasteiger partial charge in [-0.2, -0.15) is 0 Å². The maximum Gasteiger partial charge on any atom is 0.333 e. The summed E-state index contributed by atoms with van der Waals surface area (Å²) >= 11 is 1.32. The molecule has 0 heterocycles. The van der Waals surface area contributed by atoms with Gasteiger partial charge in [0.1, 0.15) is 5.75 Å². The standard InChI is InChI=1S/C19H23NO4S/c1-3-23-18(19(21)22)12-14-4-8-16(9-5-14)20-13-15-6-10-17(11-7-15)24-25-2/h4-11,18,20H,3,12-13H2,1-2H3,(H,21,22). The number of ether oxygens (including phenoxy) is 1. The molecule has 0 aliphatic carbocycles. The monoisotopic (exact) mass is 361 g/mol. The van der Waals surface area contributed by atoms with Crippen LogP contribution in [0.25, 0.3) is 0 Å². The van der Waals surface area contributed by atoms with E-state index in [4.69, 9.17) is 14.0 Å². The van der Waals surface area contributed by atoms with Gasteiger partial charge in [0.05, 0.1) is 12.0 Å². The lowest BCUT2D eigenvalue weighted by Crippen LogP contribution is -2.26. The Labute approximate surface area is 152 Å². The van der Waals surface area contributed by atoms with Gasteiger partial charge in [0.2, 0.25) is 0 Å². The quantitative estimate of drug-likeness (QED) is 0.624. The molecule has 0 aliphatic rings. The van der Waals surface area contributed by atoms with Crippen molar-refractivity contribution in [1.29, 1.82) is 0 Å². The molecule has 0 bridgehead atoms. The van der Waals surface area contributed by atoms with Crippen LogP contribution in [-0.4, -0.2) is 30.0 Å². The second-order valence-electron chi connectivity index (χ2n) is 5.43. The number of benzene rings is 2. The van der Waals surface area contributed by atoms with E-state index in [1.54, 1.807) is 6.92 Å². The minimum Gasteiger partial charge on any atom is -0.479 e. The fourth-order valence-electron chi connectivity index (χ4n) is 2.35. The molecule has 1 atom stereocenters. The summed E-state index contributed by atoms with van der Waals surface area (Å²) < 4.78 is 10.6. The largest absolute Gasteiger partial charge is 0.479 e. The Bertz CT molecular complexity index is 658. The molecular formula is C19H23NO4S. The molecular weight excluding hydrogens is 338 g/mol. The van der Waals surface area contributed by atoms with Crippen LogP contribution in [0.2, 0.25) is 0 Å². The van der Waals surface area contributed by atoms with Gasteiger partial charge < -0.3 is 19.3 Å². The van der Waals surface area contributed by atoms with Crippen LogP contribution in [0.4, 0.5) is 5.69 Å². The molecule has 2 aromatic rings. The average Bonchev–Trinajstić information content (AvgIpc) is 2.62. The van der Waals surface area contributed by atoms with E-state index in [0.717, 1.165) is 22.6 Å². The SMILES string of the molecule is CCOC(Cc1ccc(NCc2ccc(OSC)cc2)cc1)C(=O)O. The molecule has 0 fully saturated rings. The van der Waals surface area contributed by atoms with Crippen molar-refractivity contribution in [2.45, 2.75) is 26.0 Å². The number of nitrogens with one attached hydrogen (secondary N) is 1. The highest BCUT2D eigenvalue weighted by atomic mass is 32.2. The fourth-order valence-corrected chi connectivity index (χ4v) is 2.66. The Morgan fingerprint density at radius 2 is 1.76 bits per heavy atom. The lowest BCUT2D eigenvalue weighted by atomic mass is 10.1. The van der Waals surface area contributed by atoms with Crippen LogP contribution in [0.1, 0.15) is 18.1 Å². The van der Waals surface area contributed by atoms with Crippen LogP contribution in [0.3, 0.4) is 0 Å². The molecule has 0 spiro atoms. The lowest BCUT2D eigenvalue weighted by molar-refractivity contribution is -0.149. The molecule has 0 radical (unpaired) electrons. The first-order chi connectivity index (χ1) is 12.1. The maximum atomic E-state index is 11.1. The Hall–Kier alpha value is -2.18. The predicted octanol–water partition coefficient (Wildman–Crippen LogP) is 3.99. The van der Waals surface area contributed by atoms with Gasteiger partial charge in [0, 0.05) is 31.5 Å². The second-order valence-corrected chi connectivity index (χ2v) is 5.93. The third-order valence-corrected chi connectivity index (χ3v) is 3.98. The van der Waals surface area contributed by atoms with E-state index in [0.29, 0.717) is 19.6 Å². The molecule has 2 aromatic carbocycles. The zero-order chi connectivity index (χ0) is 18.1. The Balaban J connectivity index is 1.88. The van der Waals surface area contributed by atoms with Crippen molar-refractivity contribution in [1.82, 2.24) is 0 Å². The molecule has 25 heavy (non-hydrogen) atoms. The first-order valence-corrected chi connectivity index (χ1v) is 9.24. The van der Waals surface area contributed by atoms with Crippen molar-refractivity contribution in [3.63, 3.8) is 0 Å². The van der Waals surface area contributed by atoms with Crippen molar-refractivity contribution in [3.8, 4) is 5.75 Å². The van der Waals surface area contributed by atoms with Gasteiger partial charge in [-0.15, -0.1) is 0 Å². The van der Waals surface area contributed by atoms with Crippen molar-refractivity contribution in [3.05, 3.63) is 59.7 Å².